The Hall–Kier alpha value is -3.36. The van der Waals surface area contributed by atoms with Gasteiger partial charge in [0.2, 0.25) is 10.0 Å². The van der Waals surface area contributed by atoms with Gasteiger partial charge in [-0.05, 0) is 55.8 Å². The highest BCUT2D eigenvalue weighted by Gasteiger charge is 2.20. The third-order valence-electron chi connectivity index (χ3n) is 4.28. The average molecular weight is 441 g/mol. The molecule has 0 bridgehead atoms. The molecule has 3 aromatic rings. The molecule has 0 saturated heterocycles. The van der Waals surface area contributed by atoms with Crippen LogP contribution in [0.3, 0.4) is 0 Å². The number of hydrogen-bond donors (Lipinski definition) is 2. The van der Waals surface area contributed by atoms with Crippen LogP contribution in [0.15, 0.2) is 76.2 Å². The van der Waals surface area contributed by atoms with Crippen molar-refractivity contribution in [3.05, 3.63) is 78.3 Å². The molecular formula is C23H24N2O5S. The first-order valence-electron chi connectivity index (χ1n) is 9.62. The molecule has 0 aliphatic heterocycles. The lowest BCUT2D eigenvalue weighted by atomic mass is 10.0. The molecule has 2 N–H and O–H groups in total. The van der Waals surface area contributed by atoms with E-state index in [1.54, 1.807) is 44.2 Å². The highest BCUT2D eigenvalue weighted by molar-refractivity contribution is 7.89. The summed E-state index contributed by atoms with van der Waals surface area (Å²) in [5, 5.41) is 2.77. The van der Waals surface area contributed by atoms with Crippen LogP contribution in [0.25, 0.3) is 11.6 Å². The average Bonchev–Trinajstić information content (AvgIpc) is 3.25. The van der Waals surface area contributed by atoms with Gasteiger partial charge < -0.3 is 14.5 Å². The van der Waals surface area contributed by atoms with Crippen LogP contribution in [0.4, 0.5) is 5.69 Å². The number of benzene rings is 2. The topological polar surface area (TPSA) is 97.6 Å². The van der Waals surface area contributed by atoms with Crippen LogP contribution in [-0.4, -0.2) is 27.5 Å². The molecule has 0 spiro atoms. The smallest absolute Gasteiger partial charge is 0.256 e. The summed E-state index contributed by atoms with van der Waals surface area (Å²) >= 11 is 0. The molecule has 0 fully saturated rings. The van der Waals surface area contributed by atoms with Gasteiger partial charge in [0.25, 0.3) is 5.91 Å². The minimum absolute atomic E-state index is 0.0218. The van der Waals surface area contributed by atoms with Gasteiger partial charge in [0.15, 0.2) is 0 Å². The first-order valence-corrected chi connectivity index (χ1v) is 11.1. The predicted octanol–water partition coefficient (Wildman–Crippen LogP) is 4.15. The second kappa shape index (κ2) is 9.63. The van der Waals surface area contributed by atoms with Crippen LogP contribution in [0.5, 0.6) is 5.75 Å². The van der Waals surface area contributed by atoms with Crippen molar-refractivity contribution in [2.75, 3.05) is 12.4 Å². The first-order chi connectivity index (χ1) is 14.8. The number of furan rings is 1. The summed E-state index contributed by atoms with van der Waals surface area (Å²) in [7, 11) is -2.30. The Bertz CT molecular complexity index is 1170. The lowest BCUT2D eigenvalue weighted by Gasteiger charge is -2.15. The highest BCUT2D eigenvalue weighted by Crippen LogP contribution is 2.29. The molecule has 0 aliphatic carbocycles. The van der Waals surface area contributed by atoms with Crippen molar-refractivity contribution in [3.63, 3.8) is 0 Å². The van der Waals surface area contributed by atoms with Crippen molar-refractivity contribution < 1.29 is 22.4 Å². The highest BCUT2D eigenvalue weighted by atomic mass is 32.2. The summed E-state index contributed by atoms with van der Waals surface area (Å²) < 4.78 is 38.3. The van der Waals surface area contributed by atoms with Crippen LogP contribution >= 0.6 is 0 Å². The molecular weight excluding hydrogens is 416 g/mol. The van der Waals surface area contributed by atoms with Crippen molar-refractivity contribution in [2.24, 2.45) is 0 Å². The molecule has 0 aliphatic rings. The Balaban J connectivity index is 1.99. The lowest BCUT2D eigenvalue weighted by Crippen LogP contribution is -2.30. The van der Waals surface area contributed by atoms with Crippen LogP contribution in [0, 0.1) is 0 Å². The number of hydrogen-bond acceptors (Lipinski definition) is 5. The fourth-order valence-electron chi connectivity index (χ4n) is 2.93. The number of rotatable bonds is 8. The fourth-order valence-corrected chi connectivity index (χ4v) is 4.21. The van der Waals surface area contributed by atoms with E-state index >= 15 is 0 Å². The third kappa shape index (κ3) is 5.62. The van der Waals surface area contributed by atoms with Crippen molar-refractivity contribution in [3.8, 4) is 5.75 Å². The Morgan fingerprint density at radius 2 is 1.81 bits per heavy atom. The lowest BCUT2D eigenvalue weighted by molar-refractivity contribution is -0.111. The van der Waals surface area contributed by atoms with Crippen molar-refractivity contribution in [1.29, 1.82) is 0 Å². The van der Waals surface area contributed by atoms with Crippen molar-refractivity contribution in [1.82, 2.24) is 4.72 Å². The SMILES string of the molecule is COc1ccc(S(=O)(=O)NC(C)C)cc1NC(=O)/C(=C/c1ccco1)c1ccccc1. The summed E-state index contributed by atoms with van der Waals surface area (Å²) in [5.41, 5.74) is 1.27. The summed E-state index contributed by atoms with van der Waals surface area (Å²) in [6.45, 7) is 3.46. The zero-order valence-electron chi connectivity index (χ0n) is 17.5. The zero-order chi connectivity index (χ0) is 22.4. The van der Waals surface area contributed by atoms with E-state index < -0.39 is 15.9 Å². The molecule has 0 unspecified atom stereocenters. The Morgan fingerprint density at radius 1 is 1.06 bits per heavy atom. The molecule has 0 atom stereocenters. The summed E-state index contributed by atoms with van der Waals surface area (Å²) in [4.78, 5) is 13.2. The molecule has 7 nitrogen and oxygen atoms in total. The minimum atomic E-state index is -3.74. The number of amides is 1. The molecule has 2 aromatic carbocycles. The number of carbonyl (C=O) groups excluding carboxylic acids is 1. The van der Waals surface area contributed by atoms with Crippen LogP contribution in [0.2, 0.25) is 0 Å². The maximum Gasteiger partial charge on any atom is 0.256 e. The van der Waals surface area contributed by atoms with Gasteiger partial charge in [0.05, 0.1) is 29.5 Å². The van der Waals surface area contributed by atoms with Gasteiger partial charge in [-0.1, -0.05) is 30.3 Å². The Kier molecular flexibility index (Phi) is 6.94. The quantitative estimate of drug-likeness (QED) is 0.513. The maximum absolute atomic E-state index is 13.2. The molecule has 8 heteroatoms. The molecule has 162 valence electrons. The Morgan fingerprint density at radius 3 is 2.42 bits per heavy atom. The van der Waals surface area contributed by atoms with E-state index in [1.165, 1.54) is 31.6 Å². The normalized spacial score (nSPS) is 12.1. The summed E-state index contributed by atoms with van der Waals surface area (Å²) in [6.07, 6.45) is 3.14. The van der Waals surface area contributed by atoms with E-state index in [1.807, 2.05) is 18.2 Å². The van der Waals surface area contributed by atoms with Crippen molar-refractivity contribution >= 4 is 33.3 Å². The van der Waals surface area contributed by atoms with Crippen LogP contribution in [0.1, 0.15) is 25.2 Å². The zero-order valence-corrected chi connectivity index (χ0v) is 18.3. The molecule has 31 heavy (non-hydrogen) atoms. The summed E-state index contributed by atoms with van der Waals surface area (Å²) in [6, 6.07) is 16.6. The molecule has 1 amide bonds. The molecule has 3 rings (SSSR count). The first kappa shape index (κ1) is 22.3. The van der Waals surface area contributed by atoms with Gasteiger partial charge in [0, 0.05) is 6.04 Å². The van der Waals surface area contributed by atoms with Gasteiger partial charge >= 0.3 is 0 Å². The molecule has 0 radical (unpaired) electrons. The standard InChI is InChI=1S/C23H24N2O5S/c1-16(2)25-31(27,28)19-11-12-22(29-3)21(15-19)24-23(26)20(14-18-10-7-13-30-18)17-8-5-4-6-9-17/h4-16,25H,1-3H3,(H,24,26)/b20-14+. The van der Waals surface area contributed by atoms with Gasteiger partial charge in [-0.2, -0.15) is 0 Å². The van der Waals surface area contributed by atoms with Gasteiger partial charge in [-0.3, -0.25) is 4.79 Å². The van der Waals surface area contributed by atoms with Gasteiger partial charge in [-0.25, -0.2) is 13.1 Å². The molecule has 1 heterocycles. The molecule has 1 aromatic heterocycles. The van der Waals surface area contributed by atoms with E-state index in [2.05, 4.69) is 10.0 Å². The number of nitrogens with one attached hydrogen (secondary N) is 2. The second-order valence-corrected chi connectivity index (χ2v) is 8.75. The van der Waals surface area contributed by atoms with E-state index in [9.17, 15) is 13.2 Å². The van der Waals surface area contributed by atoms with Gasteiger partial charge in [0.1, 0.15) is 11.5 Å². The fraction of sp³-hybridized carbons (Fsp3) is 0.174. The van der Waals surface area contributed by atoms with Gasteiger partial charge in [-0.15, -0.1) is 0 Å². The maximum atomic E-state index is 13.2. The number of methoxy groups -OCH3 is 1. The van der Waals surface area contributed by atoms with Crippen LogP contribution in [-0.2, 0) is 14.8 Å². The van der Waals surface area contributed by atoms with E-state index in [0.717, 1.165) is 0 Å². The summed E-state index contributed by atoms with van der Waals surface area (Å²) in [5.74, 6) is 0.410. The number of anilines is 1. The number of sulfonamides is 1. The predicted molar refractivity (Wildman–Crippen MR) is 120 cm³/mol. The van der Waals surface area contributed by atoms with E-state index in [0.29, 0.717) is 22.6 Å². The Labute approximate surface area is 181 Å². The minimum Gasteiger partial charge on any atom is -0.495 e. The third-order valence-corrected chi connectivity index (χ3v) is 5.94. The largest absolute Gasteiger partial charge is 0.495 e. The van der Waals surface area contributed by atoms with E-state index in [4.69, 9.17) is 9.15 Å². The number of carbonyl (C=O) groups is 1. The van der Waals surface area contributed by atoms with E-state index in [-0.39, 0.29) is 16.6 Å². The van der Waals surface area contributed by atoms with Crippen molar-refractivity contribution in [2.45, 2.75) is 24.8 Å². The van der Waals surface area contributed by atoms with Crippen LogP contribution < -0.4 is 14.8 Å². The molecule has 0 saturated carbocycles. The second-order valence-electron chi connectivity index (χ2n) is 7.03. The monoisotopic (exact) mass is 440 g/mol. The number of ether oxygens (including phenoxy) is 1.